The molecule has 2 aromatic carbocycles. The highest BCUT2D eigenvalue weighted by atomic mass is 16.6. The van der Waals surface area contributed by atoms with Crippen LogP contribution in [0.2, 0.25) is 0 Å². The van der Waals surface area contributed by atoms with Crippen molar-refractivity contribution in [3.8, 4) is 0 Å². The lowest BCUT2D eigenvalue weighted by Crippen LogP contribution is -2.22. The lowest BCUT2D eigenvalue weighted by atomic mass is 10.1. The Morgan fingerprint density at radius 3 is 2.66 bits per heavy atom. The maximum Gasteiger partial charge on any atom is 0.270 e. The summed E-state index contributed by atoms with van der Waals surface area (Å²) in [7, 11) is 0. The van der Waals surface area contributed by atoms with Gasteiger partial charge in [-0.15, -0.1) is 0 Å². The fraction of sp³-hybridized carbons (Fsp3) is 0.0476. The summed E-state index contributed by atoms with van der Waals surface area (Å²) >= 11 is 0. The van der Waals surface area contributed by atoms with Gasteiger partial charge in [0, 0.05) is 29.5 Å². The number of nitro benzene ring substituents is 1. The molecule has 0 spiro atoms. The summed E-state index contributed by atoms with van der Waals surface area (Å²) in [5, 5.41) is 16.2. The van der Waals surface area contributed by atoms with E-state index in [0.717, 1.165) is 0 Å². The van der Waals surface area contributed by atoms with Gasteiger partial charge in [0.1, 0.15) is 5.76 Å². The van der Waals surface area contributed by atoms with Gasteiger partial charge < -0.3 is 15.1 Å². The average Bonchev–Trinajstić information content (AvgIpc) is 3.24. The van der Waals surface area contributed by atoms with Gasteiger partial charge >= 0.3 is 0 Å². The molecule has 0 aliphatic rings. The molecule has 3 aromatic rings. The molecule has 1 heterocycles. The number of hydrogen-bond donors (Lipinski definition) is 2. The predicted octanol–water partition coefficient (Wildman–Crippen LogP) is 3.77. The number of non-ortho nitro benzene ring substituents is 1. The Balaban J connectivity index is 1.60. The highest BCUT2D eigenvalue weighted by Gasteiger charge is 2.08. The van der Waals surface area contributed by atoms with Crippen LogP contribution in [0, 0.1) is 10.1 Å². The summed E-state index contributed by atoms with van der Waals surface area (Å²) in [6.45, 7) is 0.258. The standard InChI is InChI=1S/C21H17N3O5/c25-20(10-9-15-4-1-7-18(12-15)24(27)28)23-17-6-2-5-16(13-17)21(26)22-14-19-8-3-11-29-19/h1-13H,14H2,(H,22,26)(H,23,25)/b10-9+. The second-order valence-corrected chi connectivity index (χ2v) is 6.02. The molecule has 3 rings (SSSR count). The van der Waals surface area contributed by atoms with Crippen LogP contribution in [0.5, 0.6) is 0 Å². The first-order valence-electron chi connectivity index (χ1n) is 8.65. The van der Waals surface area contributed by atoms with Gasteiger partial charge in [-0.3, -0.25) is 19.7 Å². The molecule has 0 bridgehead atoms. The first kappa shape index (κ1) is 19.6. The van der Waals surface area contributed by atoms with Crippen LogP contribution in [0.3, 0.4) is 0 Å². The molecule has 0 atom stereocenters. The number of hydrogen-bond acceptors (Lipinski definition) is 5. The number of anilines is 1. The summed E-state index contributed by atoms with van der Waals surface area (Å²) in [4.78, 5) is 34.7. The highest BCUT2D eigenvalue weighted by molar-refractivity contribution is 6.03. The molecule has 0 unspecified atom stereocenters. The number of carbonyl (C=O) groups is 2. The van der Waals surface area contributed by atoms with E-state index in [2.05, 4.69) is 10.6 Å². The summed E-state index contributed by atoms with van der Waals surface area (Å²) in [5.41, 5.74) is 1.31. The minimum absolute atomic E-state index is 0.0548. The fourth-order valence-electron chi connectivity index (χ4n) is 2.52. The molecule has 2 N–H and O–H groups in total. The SMILES string of the molecule is O=C(/C=C/c1cccc([N+](=O)[O-])c1)Nc1cccc(C(=O)NCc2ccco2)c1. The van der Waals surface area contributed by atoms with Gasteiger partial charge in [-0.25, -0.2) is 0 Å². The molecule has 2 amide bonds. The number of benzene rings is 2. The molecule has 8 heteroatoms. The van der Waals surface area contributed by atoms with Gasteiger partial charge in [0.15, 0.2) is 0 Å². The average molecular weight is 391 g/mol. The van der Waals surface area contributed by atoms with Crippen molar-refractivity contribution in [2.24, 2.45) is 0 Å². The molecule has 8 nitrogen and oxygen atoms in total. The Labute approximate surface area is 166 Å². The Hall–Kier alpha value is -4.20. The zero-order valence-electron chi connectivity index (χ0n) is 15.2. The molecule has 29 heavy (non-hydrogen) atoms. The van der Waals surface area contributed by atoms with Gasteiger partial charge in [0.25, 0.3) is 11.6 Å². The van der Waals surface area contributed by atoms with E-state index in [1.165, 1.54) is 30.5 Å². The van der Waals surface area contributed by atoms with Crippen LogP contribution in [0.25, 0.3) is 6.08 Å². The maximum absolute atomic E-state index is 12.2. The second-order valence-electron chi connectivity index (χ2n) is 6.02. The summed E-state index contributed by atoms with van der Waals surface area (Å²) in [6.07, 6.45) is 4.27. The number of rotatable bonds is 7. The number of amides is 2. The monoisotopic (exact) mass is 391 g/mol. The third-order valence-corrected chi connectivity index (χ3v) is 3.90. The van der Waals surface area contributed by atoms with E-state index in [1.54, 1.807) is 48.5 Å². The molecule has 0 saturated heterocycles. The van der Waals surface area contributed by atoms with Crippen LogP contribution >= 0.6 is 0 Å². The van der Waals surface area contributed by atoms with E-state index in [4.69, 9.17) is 4.42 Å². The topological polar surface area (TPSA) is 114 Å². The largest absolute Gasteiger partial charge is 0.467 e. The quantitative estimate of drug-likeness (QED) is 0.361. The third kappa shape index (κ3) is 5.64. The minimum atomic E-state index is -0.500. The van der Waals surface area contributed by atoms with Crippen molar-refractivity contribution in [1.82, 2.24) is 5.32 Å². The third-order valence-electron chi connectivity index (χ3n) is 3.90. The zero-order chi connectivity index (χ0) is 20.6. The fourth-order valence-corrected chi connectivity index (χ4v) is 2.52. The second kappa shape index (κ2) is 9.14. The number of nitrogens with zero attached hydrogens (tertiary/aromatic N) is 1. The van der Waals surface area contributed by atoms with Crippen molar-refractivity contribution in [2.45, 2.75) is 6.54 Å². The molecule has 0 fully saturated rings. The number of furan rings is 1. The number of nitro groups is 1. The van der Waals surface area contributed by atoms with E-state index in [1.807, 2.05) is 0 Å². The zero-order valence-corrected chi connectivity index (χ0v) is 15.2. The summed E-state index contributed by atoms with van der Waals surface area (Å²) < 4.78 is 5.16. The van der Waals surface area contributed by atoms with E-state index in [0.29, 0.717) is 22.6 Å². The first-order valence-corrected chi connectivity index (χ1v) is 8.65. The highest BCUT2D eigenvalue weighted by Crippen LogP contribution is 2.15. The Bertz CT molecular complexity index is 1060. The lowest BCUT2D eigenvalue weighted by Gasteiger charge is -2.06. The normalized spacial score (nSPS) is 10.6. The van der Waals surface area contributed by atoms with Gasteiger partial charge in [-0.2, -0.15) is 0 Å². The molecule has 0 saturated carbocycles. The van der Waals surface area contributed by atoms with Gasteiger partial charge in [-0.05, 0) is 42.0 Å². The van der Waals surface area contributed by atoms with Crippen LogP contribution in [0.4, 0.5) is 11.4 Å². The van der Waals surface area contributed by atoms with Gasteiger partial charge in [0.05, 0.1) is 17.7 Å². The number of nitrogens with one attached hydrogen (secondary N) is 2. The van der Waals surface area contributed by atoms with Crippen LogP contribution in [-0.4, -0.2) is 16.7 Å². The van der Waals surface area contributed by atoms with E-state index in [-0.39, 0.29) is 18.1 Å². The number of carbonyl (C=O) groups excluding carboxylic acids is 2. The maximum atomic E-state index is 12.2. The predicted molar refractivity (Wildman–Crippen MR) is 107 cm³/mol. The van der Waals surface area contributed by atoms with E-state index >= 15 is 0 Å². The Morgan fingerprint density at radius 1 is 1.07 bits per heavy atom. The molecule has 0 aliphatic carbocycles. The Kier molecular flexibility index (Phi) is 6.16. The van der Waals surface area contributed by atoms with Crippen LogP contribution in [0.15, 0.2) is 77.4 Å². The minimum Gasteiger partial charge on any atom is -0.467 e. The van der Waals surface area contributed by atoms with Crippen LogP contribution < -0.4 is 10.6 Å². The first-order chi connectivity index (χ1) is 14.0. The van der Waals surface area contributed by atoms with E-state index < -0.39 is 10.8 Å². The van der Waals surface area contributed by atoms with Gasteiger partial charge in [0.2, 0.25) is 5.91 Å². The molecular formula is C21H17N3O5. The van der Waals surface area contributed by atoms with Crippen molar-refractivity contribution in [2.75, 3.05) is 5.32 Å². The smallest absolute Gasteiger partial charge is 0.270 e. The molecule has 146 valence electrons. The lowest BCUT2D eigenvalue weighted by molar-refractivity contribution is -0.384. The molecular weight excluding hydrogens is 374 g/mol. The van der Waals surface area contributed by atoms with Crippen molar-refractivity contribution in [1.29, 1.82) is 0 Å². The van der Waals surface area contributed by atoms with Crippen molar-refractivity contribution in [3.63, 3.8) is 0 Å². The molecule has 1 aromatic heterocycles. The Morgan fingerprint density at radius 2 is 1.90 bits per heavy atom. The summed E-state index contributed by atoms with van der Waals surface area (Å²) in [5.74, 6) is -0.0941. The van der Waals surface area contributed by atoms with Crippen LogP contribution in [-0.2, 0) is 11.3 Å². The van der Waals surface area contributed by atoms with Crippen molar-refractivity contribution < 1.29 is 18.9 Å². The van der Waals surface area contributed by atoms with Crippen LogP contribution in [0.1, 0.15) is 21.7 Å². The molecule has 0 radical (unpaired) electrons. The van der Waals surface area contributed by atoms with Crippen molar-refractivity contribution in [3.05, 3.63) is 100 Å². The molecule has 0 aliphatic heterocycles. The summed E-state index contributed by atoms with van der Waals surface area (Å²) in [6, 6.07) is 15.9. The van der Waals surface area contributed by atoms with E-state index in [9.17, 15) is 19.7 Å². The van der Waals surface area contributed by atoms with Crippen molar-refractivity contribution >= 4 is 29.3 Å². The van der Waals surface area contributed by atoms with Gasteiger partial charge in [-0.1, -0.05) is 18.2 Å².